The second-order valence-electron chi connectivity index (χ2n) is 5.74. The number of rotatable bonds is 9. The van der Waals surface area contributed by atoms with E-state index in [0.717, 1.165) is 22.6 Å². The smallest absolute Gasteiger partial charge is 0.310 e. The third-order valence-electron chi connectivity index (χ3n) is 3.68. The van der Waals surface area contributed by atoms with Gasteiger partial charge >= 0.3 is 5.97 Å². The highest BCUT2D eigenvalue weighted by Gasteiger charge is 2.09. The van der Waals surface area contributed by atoms with Gasteiger partial charge in [-0.05, 0) is 42.0 Å². The minimum absolute atomic E-state index is 0.186. The maximum atomic E-state index is 11.8. The van der Waals surface area contributed by atoms with Crippen molar-refractivity contribution in [1.82, 2.24) is 5.32 Å². The molecule has 0 aliphatic rings. The molecule has 0 radical (unpaired) electrons. The number of thioether (sulfide) groups is 1. The Balaban J connectivity index is 1.57. The van der Waals surface area contributed by atoms with Crippen molar-refractivity contribution in [2.45, 2.75) is 26.0 Å². The zero-order valence-corrected chi connectivity index (χ0v) is 16.2. The summed E-state index contributed by atoms with van der Waals surface area (Å²) in [6.07, 6.45) is 0.186. The fourth-order valence-corrected chi connectivity index (χ4v) is 3.86. The van der Waals surface area contributed by atoms with E-state index in [9.17, 15) is 9.59 Å². The van der Waals surface area contributed by atoms with E-state index in [2.05, 4.69) is 16.8 Å². The Morgan fingerprint density at radius 2 is 2.04 bits per heavy atom. The molecule has 1 aromatic heterocycles. The number of carbonyl (C=O) groups excluding carboxylic acids is 2. The number of ether oxygens (including phenoxy) is 1. The van der Waals surface area contributed by atoms with Gasteiger partial charge in [0.2, 0.25) is 0 Å². The first-order valence-electron chi connectivity index (χ1n) is 8.13. The molecule has 1 amide bonds. The molecule has 0 saturated carbocycles. The van der Waals surface area contributed by atoms with Crippen LogP contribution in [0, 0.1) is 13.8 Å². The molecule has 2 rings (SSSR count). The molecule has 2 aromatic rings. The van der Waals surface area contributed by atoms with E-state index in [4.69, 9.17) is 4.74 Å². The molecular formula is C19H23NO3S2. The molecule has 6 heteroatoms. The first-order chi connectivity index (χ1) is 12.0. The second-order valence-corrected chi connectivity index (χ2v) is 7.88. The van der Waals surface area contributed by atoms with E-state index in [-0.39, 0.29) is 24.9 Å². The summed E-state index contributed by atoms with van der Waals surface area (Å²) in [5.74, 6) is 1.15. The molecule has 134 valence electrons. The van der Waals surface area contributed by atoms with Gasteiger partial charge in [0.25, 0.3) is 5.91 Å². The highest BCUT2D eigenvalue weighted by molar-refractivity contribution is 7.98. The van der Waals surface area contributed by atoms with Crippen molar-refractivity contribution in [3.05, 3.63) is 57.3 Å². The predicted octanol–water partition coefficient (Wildman–Crippen LogP) is 3.50. The first kappa shape index (κ1) is 19.5. The fourth-order valence-electron chi connectivity index (χ4n) is 2.16. The number of nitrogens with one attached hydrogen (secondary N) is 1. The van der Waals surface area contributed by atoms with E-state index in [1.165, 1.54) is 10.4 Å². The summed E-state index contributed by atoms with van der Waals surface area (Å²) >= 11 is 3.50. The summed E-state index contributed by atoms with van der Waals surface area (Å²) in [5, 5.41) is 4.82. The molecule has 0 aliphatic heterocycles. The molecule has 1 heterocycles. The molecule has 25 heavy (non-hydrogen) atoms. The van der Waals surface area contributed by atoms with Crippen molar-refractivity contribution >= 4 is 35.0 Å². The lowest BCUT2D eigenvalue weighted by atomic mass is 10.0. The van der Waals surface area contributed by atoms with Crippen LogP contribution in [0.5, 0.6) is 0 Å². The van der Waals surface area contributed by atoms with Crippen LogP contribution in [-0.4, -0.2) is 30.8 Å². The van der Waals surface area contributed by atoms with Crippen molar-refractivity contribution in [3.8, 4) is 0 Å². The van der Waals surface area contributed by atoms with Gasteiger partial charge in [-0.25, -0.2) is 0 Å². The highest BCUT2D eigenvalue weighted by atomic mass is 32.2. The van der Waals surface area contributed by atoms with Crippen molar-refractivity contribution < 1.29 is 14.3 Å². The maximum Gasteiger partial charge on any atom is 0.310 e. The Kier molecular flexibility index (Phi) is 8.01. The Hall–Kier alpha value is -1.79. The lowest BCUT2D eigenvalue weighted by Gasteiger charge is -2.07. The molecule has 1 aromatic carbocycles. The molecule has 0 aliphatic carbocycles. The van der Waals surface area contributed by atoms with Crippen LogP contribution in [0.15, 0.2) is 35.7 Å². The van der Waals surface area contributed by atoms with Crippen molar-refractivity contribution in [2.24, 2.45) is 0 Å². The highest BCUT2D eigenvalue weighted by Crippen LogP contribution is 2.16. The van der Waals surface area contributed by atoms with Gasteiger partial charge in [-0.15, -0.1) is 11.3 Å². The monoisotopic (exact) mass is 377 g/mol. The maximum absolute atomic E-state index is 11.8. The van der Waals surface area contributed by atoms with Crippen LogP contribution in [0.25, 0.3) is 0 Å². The van der Waals surface area contributed by atoms with Gasteiger partial charge in [-0.2, -0.15) is 11.8 Å². The predicted molar refractivity (Wildman–Crippen MR) is 104 cm³/mol. The average Bonchev–Trinajstić information content (AvgIpc) is 3.09. The second kappa shape index (κ2) is 10.3. The summed E-state index contributed by atoms with van der Waals surface area (Å²) in [6.45, 7) is 4.39. The van der Waals surface area contributed by atoms with Gasteiger partial charge < -0.3 is 10.1 Å². The number of benzene rings is 1. The van der Waals surface area contributed by atoms with Gasteiger partial charge in [-0.1, -0.05) is 24.3 Å². The van der Waals surface area contributed by atoms with Crippen LogP contribution >= 0.6 is 23.1 Å². The summed E-state index contributed by atoms with van der Waals surface area (Å²) in [7, 11) is 0. The summed E-state index contributed by atoms with van der Waals surface area (Å²) in [4.78, 5) is 24.8. The van der Waals surface area contributed by atoms with E-state index in [1.807, 2.05) is 38.1 Å². The molecule has 4 nitrogen and oxygen atoms in total. The summed E-state index contributed by atoms with van der Waals surface area (Å²) in [6, 6.07) is 10.0. The van der Waals surface area contributed by atoms with Crippen molar-refractivity contribution in [2.75, 3.05) is 18.9 Å². The number of hydrogen-bond donors (Lipinski definition) is 1. The molecule has 0 atom stereocenters. The van der Waals surface area contributed by atoms with E-state index in [1.54, 1.807) is 23.1 Å². The van der Waals surface area contributed by atoms with Crippen LogP contribution in [-0.2, 0) is 26.5 Å². The minimum atomic E-state index is -0.384. The minimum Gasteiger partial charge on any atom is -0.455 e. The van der Waals surface area contributed by atoms with E-state index in [0.29, 0.717) is 6.54 Å². The molecule has 1 N–H and O–H groups in total. The normalized spacial score (nSPS) is 10.5. The topological polar surface area (TPSA) is 55.4 Å². The lowest BCUT2D eigenvalue weighted by molar-refractivity contribution is -0.147. The van der Waals surface area contributed by atoms with Gasteiger partial charge in [0, 0.05) is 22.9 Å². The fraction of sp³-hybridized carbons (Fsp3) is 0.368. The number of carbonyl (C=O) groups is 2. The molecule has 0 bridgehead atoms. The van der Waals surface area contributed by atoms with Crippen molar-refractivity contribution in [3.63, 3.8) is 0 Å². The quantitative estimate of drug-likeness (QED) is 0.537. The van der Waals surface area contributed by atoms with Crippen LogP contribution in [0.2, 0.25) is 0 Å². The van der Waals surface area contributed by atoms with Crippen LogP contribution in [0.4, 0.5) is 0 Å². The number of hydrogen-bond acceptors (Lipinski definition) is 5. The Morgan fingerprint density at radius 3 is 2.76 bits per heavy atom. The van der Waals surface area contributed by atoms with E-state index < -0.39 is 0 Å². The average molecular weight is 378 g/mol. The van der Waals surface area contributed by atoms with E-state index >= 15 is 0 Å². The molecule has 0 saturated heterocycles. The van der Waals surface area contributed by atoms with Gasteiger partial charge in [0.15, 0.2) is 6.61 Å². The third-order valence-corrected chi connectivity index (χ3v) is 5.74. The zero-order chi connectivity index (χ0) is 18.1. The SMILES string of the molecule is Cc1ccc(CC(=O)OCC(=O)NCCSCc2cccs2)cc1C. The largest absolute Gasteiger partial charge is 0.455 e. The zero-order valence-electron chi connectivity index (χ0n) is 14.5. The number of thiophene rings is 1. The molecule has 0 unspecified atom stereocenters. The van der Waals surface area contributed by atoms with Gasteiger partial charge in [0.05, 0.1) is 6.42 Å². The number of aryl methyl sites for hydroxylation is 2. The Morgan fingerprint density at radius 1 is 1.20 bits per heavy atom. The molecule has 0 spiro atoms. The first-order valence-corrected chi connectivity index (χ1v) is 10.2. The van der Waals surface area contributed by atoms with Crippen LogP contribution in [0.1, 0.15) is 21.6 Å². The lowest BCUT2D eigenvalue weighted by Crippen LogP contribution is -2.30. The van der Waals surface area contributed by atoms with Gasteiger partial charge in [-0.3, -0.25) is 9.59 Å². The van der Waals surface area contributed by atoms with Crippen molar-refractivity contribution in [1.29, 1.82) is 0 Å². The summed E-state index contributed by atoms with van der Waals surface area (Å²) in [5.41, 5.74) is 3.23. The van der Waals surface area contributed by atoms with Gasteiger partial charge in [0.1, 0.15) is 0 Å². The molecule has 0 fully saturated rings. The standard InChI is InChI=1S/C19H23NO3S2/c1-14-5-6-16(10-15(14)2)11-19(22)23-12-18(21)20-7-9-24-13-17-4-3-8-25-17/h3-6,8,10H,7,9,11-13H2,1-2H3,(H,20,21). The Labute approximate surface area is 157 Å². The summed E-state index contributed by atoms with van der Waals surface area (Å²) < 4.78 is 5.04. The third kappa shape index (κ3) is 7.32. The number of esters is 1. The van der Waals surface area contributed by atoms with Crippen LogP contribution in [0.3, 0.4) is 0 Å². The number of amides is 1. The van der Waals surface area contributed by atoms with Crippen LogP contribution < -0.4 is 5.32 Å². The molecular weight excluding hydrogens is 354 g/mol. The Bertz CT molecular complexity index is 699.